The zero-order valence-electron chi connectivity index (χ0n) is 12.5. The lowest BCUT2D eigenvalue weighted by Crippen LogP contribution is -2.42. The molecule has 1 amide bonds. The van der Waals surface area contributed by atoms with E-state index < -0.39 is 9.84 Å². The van der Waals surface area contributed by atoms with Crippen molar-refractivity contribution in [1.29, 1.82) is 0 Å². The Bertz CT molecular complexity index is 644. The maximum absolute atomic E-state index is 12.1. The number of carbonyl (C=O) groups excluding carboxylic acids is 1. The molecule has 0 bridgehead atoms. The molecule has 1 heterocycles. The summed E-state index contributed by atoms with van der Waals surface area (Å²) < 4.78 is 23.7. The molecule has 0 saturated carbocycles. The normalized spacial score (nSPS) is 17.1. The Hall–Kier alpha value is -1.33. The monoisotopic (exact) mass is 341 g/mol. The third-order valence-corrected chi connectivity index (χ3v) is 6.50. The molecule has 0 aromatic heterocycles. The number of likely N-dealkylation sites (tertiary alicyclic amines) is 1. The molecule has 120 valence electrons. The summed E-state index contributed by atoms with van der Waals surface area (Å²) in [5.41, 5.74) is 0.904. The molecule has 0 aliphatic carbocycles. The van der Waals surface area contributed by atoms with Crippen LogP contribution in [0.2, 0.25) is 5.02 Å². The second-order valence-corrected chi connectivity index (χ2v) is 8.37. The van der Waals surface area contributed by atoms with E-state index in [-0.39, 0.29) is 16.9 Å². The van der Waals surface area contributed by atoms with Gasteiger partial charge in [0.05, 0.1) is 5.25 Å². The van der Waals surface area contributed by atoms with Crippen molar-refractivity contribution in [2.75, 3.05) is 18.8 Å². The van der Waals surface area contributed by atoms with Gasteiger partial charge in [-0.15, -0.1) is 0 Å². The van der Waals surface area contributed by atoms with E-state index in [4.69, 9.17) is 11.6 Å². The van der Waals surface area contributed by atoms with Crippen LogP contribution in [0.15, 0.2) is 30.3 Å². The van der Waals surface area contributed by atoms with Crippen molar-refractivity contribution < 1.29 is 13.2 Å². The SMILES string of the molecule is CCS(=O)(=O)C1CCN(C(=O)C=Cc2ccc(Cl)cc2)CC1. The number of amides is 1. The Morgan fingerprint density at radius 2 is 1.86 bits per heavy atom. The van der Waals surface area contributed by atoms with Gasteiger partial charge in [-0.1, -0.05) is 30.7 Å². The van der Waals surface area contributed by atoms with Crippen molar-refractivity contribution in [3.63, 3.8) is 0 Å². The molecular weight excluding hydrogens is 322 g/mol. The Labute approximate surface area is 136 Å². The van der Waals surface area contributed by atoms with Gasteiger partial charge in [0.1, 0.15) is 0 Å². The van der Waals surface area contributed by atoms with E-state index in [9.17, 15) is 13.2 Å². The lowest BCUT2D eigenvalue weighted by Gasteiger charge is -2.30. The lowest BCUT2D eigenvalue weighted by atomic mass is 10.1. The number of carbonyl (C=O) groups is 1. The molecule has 0 spiro atoms. The zero-order chi connectivity index (χ0) is 16.2. The van der Waals surface area contributed by atoms with Gasteiger partial charge in [-0.2, -0.15) is 0 Å². The fourth-order valence-corrected chi connectivity index (χ4v) is 4.04. The van der Waals surface area contributed by atoms with Crippen molar-refractivity contribution in [2.24, 2.45) is 0 Å². The number of rotatable bonds is 4. The average Bonchev–Trinajstić information content (AvgIpc) is 2.54. The van der Waals surface area contributed by atoms with Crippen LogP contribution in [-0.4, -0.2) is 43.3 Å². The third kappa shape index (κ3) is 4.34. The summed E-state index contributed by atoms with van der Waals surface area (Å²) in [5.74, 6) is 0.0875. The first-order valence-corrected chi connectivity index (χ1v) is 9.46. The maximum atomic E-state index is 12.1. The van der Waals surface area contributed by atoms with Crippen molar-refractivity contribution >= 4 is 33.4 Å². The molecule has 1 fully saturated rings. The van der Waals surface area contributed by atoms with E-state index in [1.165, 1.54) is 6.08 Å². The van der Waals surface area contributed by atoms with Gasteiger partial charge in [0.2, 0.25) is 5.91 Å². The fourth-order valence-electron chi connectivity index (χ4n) is 2.52. The van der Waals surface area contributed by atoms with Crippen LogP contribution in [0, 0.1) is 0 Å². The zero-order valence-corrected chi connectivity index (χ0v) is 14.1. The second-order valence-electron chi connectivity index (χ2n) is 5.36. The molecule has 0 radical (unpaired) electrons. The molecule has 0 N–H and O–H groups in total. The minimum absolute atomic E-state index is 0.0812. The molecule has 1 aromatic carbocycles. The van der Waals surface area contributed by atoms with Crippen LogP contribution >= 0.6 is 11.6 Å². The van der Waals surface area contributed by atoms with E-state index in [0.717, 1.165) is 5.56 Å². The topological polar surface area (TPSA) is 54.5 Å². The highest BCUT2D eigenvalue weighted by Crippen LogP contribution is 2.19. The predicted molar refractivity (Wildman–Crippen MR) is 89.5 cm³/mol. The fraction of sp³-hybridized carbons (Fsp3) is 0.438. The van der Waals surface area contributed by atoms with Gasteiger partial charge in [-0.3, -0.25) is 4.79 Å². The number of benzene rings is 1. The summed E-state index contributed by atoms with van der Waals surface area (Å²) >= 11 is 5.81. The van der Waals surface area contributed by atoms with E-state index in [0.29, 0.717) is 31.0 Å². The average molecular weight is 342 g/mol. The minimum Gasteiger partial charge on any atom is -0.339 e. The molecule has 4 nitrogen and oxygen atoms in total. The highest BCUT2D eigenvalue weighted by atomic mass is 35.5. The number of hydrogen-bond donors (Lipinski definition) is 0. The first-order chi connectivity index (χ1) is 10.4. The predicted octanol–water partition coefficient (Wildman–Crippen LogP) is 2.78. The number of sulfone groups is 1. The van der Waals surface area contributed by atoms with Gasteiger partial charge >= 0.3 is 0 Å². The Balaban J connectivity index is 1.91. The smallest absolute Gasteiger partial charge is 0.246 e. The third-order valence-electron chi connectivity index (χ3n) is 3.95. The van der Waals surface area contributed by atoms with Crippen LogP contribution < -0.4 is 0 Å². The largest absolute Gasteiger partial charge is 0.339 e. The summed E-state index contributed by atoms with van der Waals surface area (Å²) in [4.78, 5) is 13.8. The van der Waals surface area contributed by atoms with Crippen molar-refractivity contribution in [1.82, 2.24) is 4.90 Å². The van der Waals surface area contributed by atoms with Crippen molar-refractivity contribution in [3.05, 3.63) is 40.9 Å². The van der Waals surface area contributed by atoms with Crippen LogP contribution in [0.1, 0.15) is 25.3 Å². The van der Waals surface area contributed by atoms with Crippen molar-refractivity contribution in [2.45, 2.75) is 25.0 Å². The first-order valence-electron chi connectivity index (χ1n) is 7.36. The van der Waals surface area contributed by atoms with Gasteiger partial charge in [0, 0.05) is 29.9 Å². The first kappa shape index (κ1) is 17.0. The molecule has 22 heavy (non-hydrogen) atoms. The Kier molecular flexibility index (Phi) is 5.64. The van der Waals surface area contributed by atoms with Gasteiger partial charge in [0.15, 0.2) is 9.84 Å². The van der Waals surface area contributed by atoms with Gasteiger partial charge in [-0.25, -0.2) is 8.42 Å². The number of nitrogens with zero attached hydrogens (tertiary/aromatic N) is 1. The van der Waals surface area contributed by atoms with Gasteiger partial charge in [0.25, 0.3) is 0 Å². The standard InChI is InChI=1S/C16H20ClNO3S/c1-2-22(20,21)15-9-11-18(12-10-15)16(19)8-5-13-3-6-14(17)7-4-13/h3-8,15H,2,9-12H2,1H3. The molecule has 1 aliphatic heterocycles. The highest BCUT2D eigenvalue weighted by molar-refractivity contribution is 7.92. The van der Waals surface area contributed by atoms with Gasteiger partial charge < -0.3 is 4.90 Å². The Morgan fingerprint density at radius 1 is 1.27 bits per heavy atom. The molecular formula is C16H20ClNO3S. The highest BCUT2D eigenvalue weighted by Gasteiger charge is 2.29. The molecule has 6 heteroatoms. The van der Waals surface area contributed by atoms with Crippen molar-refractivity contribution in [3.8, 4) is 0 Å². The Morgan fingerprint density at radius 3 is 2.41 bits per heavy atom. The molecule has 1 aliphatic rings. The molecule has 0 atom stereocenters. The summed E-state index contributed by atoms with van der Waals surface area (Å²) in [6, 6.07) is 7.22. The van der Waals surface area contributed by atoms with Crippen LogP contribution in [0.25, 0.3) is 6.08 Å². The number of hydrogen-bond acceptors (Lipinski definition) is 3. The number of piperidine rings is 1. The second kappa shape index (κ2) is 7.29. The molecule has 1 aromatic rings. The maximum Gasteiger partial charge on any atom is 0.246 e. The molecule has 2 rings (SSSR count). The number of halogens is 1. The quantitative estimate of drug-likeness (QED) is 0.791. The molecule has 0 unspecified atom stereocenters. The van der Waals surface area contributed by atoms with E-state index in [1.54, 1.807) is 30.0 Å². The van der Waals surface area contributed by atoms with Crippen LogP contribution in [0.5, 0.6) is 0 Å². The van der Waals surface area contributed by atoms with Crippen LogP contribution in [-0.2, 0) is 14.6 Å². The summed E-state index contributed by atoms with van der Waals surface area (Å²) in [6.07, 6.45) is 4.32. The molecule has 1 saturated heterocycles. The summed E-state index contributed by atoms with van der Waals surface area (Å²) in [6.45, 7) is 2.66. The summed E-state index contributed by atoms with van der Waals surface area (Å²) in [7, 11) is -3.00. The van der Waals surface area contributed by atoms with Crippen LogP contribution in [0.3, 0.4) is 0 Å². The lowest BCUT2D eigenvalue weighted by molar-refractivity contribution is -0.126. The van der Waals surface area contributed by atoms with Gasteiger partial charge in [-0.05, 0) is 36.6 Å². The van der Waals surface area contributed by atoms with E-state index >= 15 is 0 Å². The summed E-state index contributed by atoms with van der Waals surface area (Å²) in [5, 5.41) is 0.351. The van der Waals surface area contributed by atoms with E-state index in [2.05, 4.69) is 0 Å². The van der Waals surface area contributed by atoms with Crippen LogP contribution in [0.4, 0.5) is 0 Å². The van der Waals surface area contributed by atoms with E-state index in [1.807, 2.05) is 12.1 Å². The minimum atomic E-state index is -3.00.